The Morgan fingerprint density at radius 2 is 2.00 bits per heavy atom. The van der Waals surface area contributed by atoms with Gasteiger partial charge in [-0.25, -0.2) is 4.98 Å². The van der Waals surface area contributed by atoms with Gasteiger partial charge in [0.15, 0.2) is 0 Å². The molecular weight excluding hydrogens is 320 g/mol. The molecule has 0 bridgehead atoms. The van der Waals surface area contributed by atoms with E-state index in [1.54, 1.807) is 36.5 Å². The van der Waals surface area contributed by atoms with E-state index in [-0.39, 0.29) is 30.6 Å². The van der Waals surface area contributed by atoms with Gasteiger partial charge in [0.25, 0.3) is 5.91 Å². The van der Waals surface area contributed by atoms with E-state index in [1.807, 2.05) is 13.0 Å². The van der Waals surface area contributed by atoms with Crippen LogP contribution in [0.5, 0.6) is 0 Å². The summed E-state index contributed by atoms with van der Waals surface area (Å²) in [6.07, 6.45) is 1.88. The van der Waals surface area contributed by atoms with Crippen LogP contribution in [-0.4, -0.2) is 28.7 Å². The predicted octanol–water partition coefficient (Wildman–Crippen LogP) is 1.86. The summed E-state index contributed by atoms with van der Waals surface area (Å²) >= 11 is 0. The first-order valence-corrected chi connectivity index (χ1v) is 7.97. The van der Waals surface area contributed by atoms with Gasteiger partial charge in [-0.2, -0.15) is 0 Å². The van der Waals surface area contributed by atoms with Crippen molar-refractivity contribution in [2.24, 2.45) is 0 Å². The maximum atomic E-state index is 12.3. The smallest absolute Gasteiger partial charge is 0.254 e. The third-order valence-electron chi connectivity index (χ3n) is 3.98. The largest absolute Gasteiger partial charge is 0.340 e. The van der Waals surface area contributed by atoms with Gasteiger partial charge in [0.1, 0.15) is 11.9 Å². The summed E-state index contributed by atoms with van der Waals surface area (Å²) in [5, 5.41) is 8.10. The number of benzene rings is 1. The summed E-state index contributed by atoms with van der Waals surface area (Å²) in [6.45, 7) is 1.85. The zero-order valence-corrected chi connectivity index (χ0v) is 13.7. The fraction of sp³-hybridized carbons (Fsp3) is 0.222. The van der Waals surface area contributed by atoms with Crippen molar-refractivity contribution >= 4 is 29.2 Å². The standard InChI is InChI=1S/C18H18N4O3/c1-11-5-4-10-19-16(11)22-15(23)9-8-14-18(25)20-13-7-3-2-6-12(13)17(24)21-14/h2-7,10,14H,8-9H2,1H3,(H,20,25)(H,21,24)(H,19,22,23)/t14-/m0/s1. The molecular formula is C18H18N4O3. The molecule has 128 valence electrons. The lowest BCUT2D eigenvalue weighted by atomic mass is 10.1. The highest BCUT2D eigenvalue weighted by Crippen LogP contribution is 2.19. The molecule has 0 unspecified atom stereocenters. The minimum absolute atomic E-state index is 0.0880. The molecule has 2 heterocycles. The molecule has 0 aliphatic carbocycles. The molecule has 3 amide bonds. The lowest BCUT2D eigenvalue weighted by molar-refractivity contribution is -0.118. The topological polar surface area (TPSA) is 100 Å². The molecule has 3 rings (SSSR count). The zero-order valence-electron chi connectivity index (χ0n) is 13.7. The van der Waals surface area contributed by atoms with Crippen LogP contribution >= 0.6 is 0 Å². The van der Waals surface area contributed by atoms with Gasteiger partial charge in [-0.3, -0.25) is 14.4 Å². The van der Waals surface area contributed by atoms with E-state index in [4.69, 9.17) is 0 Å². The Labute approximate surface area is 144 Å². The van der Waals surface area contributed by atoms with Crippen LogP contribution in [0, 0.1) is 6.92 Å². The number of rotatable bonds is 4. The van der Waals surface area contributed by atoms with Crippen LogP contribution in [0.15, 0.2) is 42.6 Å². The van der Waals surface area contributed by atoms with E-state index in [9.17, 15) is 14.4 Å². The highest BCUT2D eigenvalue weighted by molar-refractivity contribution is 6.09. The highest BCUT2D eigenvalue weighted by atomic mass is 16.2. The molecule has 7 heteroatoms. The molecule has 25 heavy (non-hydrogen) atoms. The maximum Gasteiger partial charge on any atom is 0.254 e. The van der Waals surface area contributed by atoms with Crippen molar-refractivity contribution in [1.82, 2.24) is 10.3 Å². The van der Waals surface area contributed by atoms with Crippen LogP contribution in [-0.2, 0) is 9.59 Å². The number of anilines is 2. The fourth-order valence-corrected chi connectivity index (χ4v) is 2.60. The molecule has 7 nitrogen and oxygen atoms in total. The Kier molecular flexibility index (Phi) is 4.74. The molecule has 1 aliphatic heterocycles. The van der Waals surface area contributed by atoms with E-state index in [2.05, 4.69) is 20.9 Å². The molecule has 0 spiro atoms. The molecule has 1 aromatic heterocycles. The van der Waals surface area contributed by atoms with E-state index in [0.29, 0.717) is 17.1 Å². The minimum atomic E-state index is -0.768. The van der Waals surface area contributed by atoms with Crippen LogP contribution in [0.25, 0.3) is 0 Å². The molecule has 1 aromatic carbocycles. The number of aryl methyl sites for hydroxylation is 1. The fourth-order valence-electron chi connectivity index (χ4n) is 2.60. The van der Waals surface area contributed by atoms with E-state index >= 15 is 0 Å². The Hall–Kier alpha value is -3.22. The lowest BCUT2D eigenvalue weighted by Crippen LogP contribution is -2.41. The van der Waals surface area contributed by atoms with Gasteiger partial charge in [-0.1, -0.05) is 18.2 Å². The van der Waals surface area contributed by atoms with Gasteiger partial charge in [0, 0.05) is 12.6 Å². The number of amides is 3. The van der Waals surface area contributed by atoms with Crippen molar-refractivity contribution in [2.75, 3.05) is 10.6 Å². The average molecular weight is 338 g/mol. The number of pyridine rings is 1. The third-order valence-corrected chi connectivity index (χ3v) is 3.98. The number of nitrogens with one attached hydrogen (secondary N) is 3. The molecule has 2 aromatic rings. The van der Waals surface area contributed by atoms with Gasteiger partial charge in [-0.05, 0) is 37.1 Å². The number of fused-ring (bicyclic) bond motifs is 1. The van der Waals surface area contributed by atoms with Gasteiger partial charge >= 0.3 is 0 Å². The van der Waals surface area contributed by atoms with Crippen LogP contribution in [0.2, 0.25) is 0 Å². The Morgan fingerprint density at radius 3 is 2.80 bits per heavy atom. The van der Waals surface area contributed by atoms with Crippen LogP contribution in [0.3, 0.4) is 0 Å². The second-order valence-electron chi connectivity index (χ2n) is 5.82. The summed E-state index contributed by atoms with van der Waals surface area (Å²) in [5.74, 6) is -0.431. The minimum Gasteiger partial charge on any atom is -0.340 e. The van der Waals surface area contributed by atoms with Crippen molar-refractivity contribution in [2.45, 2.75) is 25.8 Å². The number of hydrogen-bond acceptors (Lipinski definition) is 4. The van der Waals surface area contributed by atoms with Crippen molar-refractivity contribution in [3.05, 3.63) is 53.7 Å². The quantitative estimate of drug-likeness (QED) is 0.792. The lowest BCUT2D eigenvalue weighted by Gasteiger charge is -2.14. The molecule has 0 fully saturated rings. The van der Waals surface area contributed by atoms with Gasteiger partial charge in [-0.15, -0.1) is 0 Å². The van der Waals surface area contributed by atoms with Gasteiger partial charge in [0.05, 0.1) is 11.3 Å². The predicted molar refractivity (Wildman–Crippen MR) is 93.2 cm³/mol. The normalized spacial score (nSPS) is 16.3. The second-order valence-corrected chi connectivity index (χ2v) is 5.82. The number of nitrogens with zero attached hydrogens (tertiary/aromatic N) is 1. The first-order valence-electron chi connectivity index (χ1n) is 7.97. The number of hydrogen-bond donors (Lipinski definition) is 3. The first kappa shape index (κ1) is 16.6. The summed E-state index contributed by atoms with van der Waals surface area (Å²) in [6, 6.07) is 9.65. The van der Waals surface area contributed by atoms with Crippen molar-refractivity contribution < 1.29 is 14.4 Å². The summed E-state index contributed by atoms with van der Waals surface area (Å²) in [7, 11) is 0. The van der Waals surface area contributed by atoms with Crippen LogP contribution in [0.4, 0.5) is 11.5 Å². The van der Waals surface area contributed by atoms with E-state index in [1.165, 1.54) is 0 Å². The molecule has 0 saturated carbocycles. The Morgan fingerprint density at radius 1 is 1.20 bits per heavy atom. The van der Waals surface area contributed by atoms with Crippen molar-refractivity contribution in [3.8, 4) is 0 Å². The monoisotopic (exact) mass is 338 g/mol. The number of carbonyl (C=O) groups excluding carboxylic acids is 3. The van der Waals surface area contributed by atoms with Crippen molar-refractivity contribution in [3.63, 3.8) is 0 Å². The van der Waals surface area contributed by atoms with E-state index in [0.717, 1.165) is 5.56 Å². The summed E-state index contributed by atoms with van der Waals surface area (Å²) in [5.41, 5.74) is 1.74. The van der Waals surface area contributed by atoms with Crippen LogP contribution < -0.4 is 16.0 Å². The second kappa shape index (κ2) is 7.12. The Bertz CT molecular complexity index is 835. The first-order chi connectivity index (χ1) is 12.0. The molecule has 1 aliphatic rings. The zero-order chi connectivity index (χ0) is 17.8. The number of para-hydroxylation sites is 1. The molecule has 3 N–H and O–H groups in total. The van der Waals surface area contributed by atoms with Crippen LogP contribution in [0.1, 0.15) is 28.8 Å². The third kappa shape index (κ3) is 3.82. The van der Waals surface area contributed by atoms with Crippen molar-refractivity contribution in [1.29, 1.82) is 0 Å². The number of carbonyl (C=O) groups is 3. The highest BCUT2D eigenvalue weighted by Gasteiger charge is 2.27. The van der Waals surface area contributed by atoms with E-state index < -0.39 is 6.04 Å². The molecule has 0 saturated heterocycles. The van der Waals surface area contributed by atoms with Gasteiger partial charge in [0.2, 0.25) is 11.8 Å². The summed E-state index contributed by atoms with van der Waals surface area (Å²) in [4.78, 5) is 40.7. The molecule has 1 atom stereocenters. The summed E-state index contributed by atoms with van der Waals surface area (Å²) < 4.78 is 0. The number of aromatic nitrogens is 1. The Balaban J connectivity index is 1.62. The maximum absolute atomic E-state index is 12.3. The van der Waals surface area contributed by atoms with Gasteiger partial charge < -0.3 is 16.0 Å². The molecule has 0 radical (unpaired) electrons. The SMILES string of the molecule is Cc1cccnc1NC(=O)CC[C@@H]1NC(=O)c2ccccc2NC1=O. The average Bonchev–Trinajstić information content (AvgIpc) is 2.72.